The second-order valence-corrected chi connectivity index (χ2v) is 6.54. The van der Waals surface area contributed by atoms with Crippen LogP contribution in [0.3, 0.4) is 0 Å². The molecule has 0 amide bonds. The summed E-state index contributed by atoms with van der Waals surface area (Å²) in [6.07, 6.45) is 5.65. The molecule has 0 bridgehead atoms. The van der Waals surface area contributed by atoms with Crippen LogP contribution in [0.15, 0.2) is 51.4 Å². The van der Waals surface area contributed by atoms with E-state index in [1.165, 1.54) is 18.5 Å². The molecule has 1 unspecified atom stereocenters. The molecule has 6 nitrogen and oxygen atoms in total. The van der Waals surface area contributed by atoms with E-state index in [4.69, 9.17) is 26.8 Å². The number of ether oxygens (including phenoxy) is 2. The SMILES string of the molecule is COC1=C(OCCCN)C=C2C(Nc3ccc(F)c(Cl)c3)=NC=NC2CC1. The van der Waals surface area contributed by atoms with Crippen LogP contribution in [0.1, 0.15) is 19.3 Å². The fourth-order valence-corrected chi connectivity index (χ4v) is 3.08. The highest BCUT2D eigenvalue weighted by Crippen LogP contribution is 2.29. The minimum atomic E-state index is -0.468. The highest BCUT2D eigenvalue weighted by atomic mass is 35.5. The number of methoxy groups -OCH3 is 1. The summed E-state index contributed by atoms with van der Waals surface area (Å²) in [6, 6.07) is 4.37. The van der Waals surface area contributed by atoms with E-state index in [2.05, 4.69) is 15.3 Å². The van der Waals surface area contributed by atoms with Gasteiger partial charge in [0, 0.05) is 17.7 Å². The summed E-state index contributed by atoms with van der Waals surface area (Å²) in [7, 11) is 1.63. The van der Waals surface area contributed by atoms with Crippen LogP contribution >= 0.6 is 11.6 Å². The van der Waals surface area contributed by atoms with E-state index < -0.39 is 5.82 Å². The Labute approximate surface area is 162 Å². The summed E-state index contributed by atoms with van der Waals surface area (Å²) in [5.41, 5.74) is 7.07. The Morgan fingerprint density at radius 2 is 2.26 bits per heavy atom. The molecule has 2 aliphatic rings. The Morgan fingerprint density at radius 1 is 1.41 bits per heavy atom. The number of benzene rings is 1. The van der Waals surface area contributed by atoms with Gasteiger partial charge in [-0.05, 0) is 43.7 Å². The molecule has 1 aliphatic heterocycles. The van der Waals surface area contributed by atoms with Gasteiger partial charge >= 0.3 is 0 Å². The molecule has 0 fully saturated rings. The Morgan fingerprint density at radius 3 is 3.00 bits per heavy atom. The van der Waals surface area contributed by atoms with Crippen LogP contribution in [-0.4, -0.2) is 38.5 Å². The van der Waals surface area contributed by atoms with Crippen molar-refractivity contribution in [3.63, 3.8) is 0 Å². The highest BCUT2D eigenvalue weighted by molar-refractivity contribution is 6.31. The van der Waals surface area contributed by atoms with Gasteiger partial charge in [0.05, 0.1) is 24.8 Å². The van der Waals surface area contributed by atoms with E-state index in [1.54, 1.807) is 13.2 Å². The fraction of sp³-hybridized carbons (Fsp3) is 0.368. The smallest absolute Gasteiger partial charge is 0.157 e. The lowest BCUT2D eigenvalue weighted by Gasteiger charge is -2.21. The quantitative estimate of drug-likeness (QED) is 0.724. The number of amidine groups is 1. The second-order valence-electron chi connectivity index (χ2n) is 6.13. The third-order valence-electron chi connectivity index (χ3n) is 4.31. The van der Waals surface area contributed by atoms with Crippen molar-refractivity contribution in [2.45, 2.75) is 25.3 Å². The fourth-order valence-electron chi connectivity index (χ4n) is 2.90. The van der Waals surface area contributed by atoms with E-state index in [9.17, 15) is 4.39 Å². The van der Waals surface area contributed by atoms with Gasteiger partial charge in [0.1, 0.15) is 23.8 Å². The first-order valence-electron chi connectivity index (χ1n) is 8.76. The normalized spacial score (nSPS) is 19.0. The molecule has 3 rings (SSSR count). The molecule has 8 heteroatoms. The van der Waals surface area contributed by atoms with Crippen LogP contribution in [0.4, 0.5) is 10.1 Å². The number of fused-ring (bicyclic) bond motifs is 1. The average molecular weight is 393 g/mol. The predicted molar refractivity (Wildman–Crippen MR) is 106 cm³/mol. The monoisotopic (exact) mass is 392 g/mol. The van der Waals surface area contributed by atoms with Crippen molar-refractivity contribution in [3.05, 3.63) is 52.2 Å². The summed E-state index contributed by atoms with van der Waals surface area (Å²) in [5, 5.41) is 3.24. The molecule has 1 aromatic carbocycles. The second kappa shape index (κ2) is 9.01. The number of nitrogens with two attached hydrogens (primary N) is 1. The van der Waals surface area contributed by atoms with Crippen molar-refractivity contribution in [1.82, 2.24) is 0 Å². The van der Waals surface area contributed by atoms with Gasteiger partial charge in [0.25, 0.3) is 0 Å². The molecule has 1 atom stereocenters. The average Bonchev–Trinajstić information content (AvgIpc) is 2.85. The lowest BCUT2D eigenvalue weighted by atomic mass is 10.0. The zero-order valence-electron chi connectivity index (χ0n) is 15.0. The van der Waals surface area contributed by atoms with Crippen LogP contribution < -0.4 is 11.1 Å². The van der Waals surface area contributed by atoms with Crippen LogP contribution in [-0.2, 0) is 9.47 Å². The van der Waals surface area contributed by atoms with Gasteiger partial charge in [-0.15, -0.1) is 0 Å². The molecular formula is C19H22ClFN4O2. The van der Waals surface area contributed by atoms with E-state index in [1.807, 2.05) is 6.08 Å². The van der Waals surface area contributed by atoms with Gasteiger partial charge in [-0.1, -0.05) is 11.6 Å². The van der Waals surface area contributed by atoms with Gasteiger partial charge in [0.15, 0.2) is 5.76 Å². The van der Waals surface area contributed by atoms with E-state index in [0.717, 1.165) is 24.2 Å². The number of allylic oxidation sites excluding steroid dienone is 2. The molecule has 27 heavy (non-hydrogen) atoms. The van der Waals surface area contributed by atoms with Crippen LogP contribution in [0, 0.1) is 5.82 Å². The van der Waals surface area contributed by atoms with E-state index in [-0.39, 0.29) is 11.1 Å². The Balaban J connectivity index is 1.88. The van der Waals surface area contributed by atoms with Crippen molar-refractivity contribution in [2.24, 2.45) is 15.7 Å². The molecule has 0 saturated heterocycles. The largest absolute Gasteiger partial charge is 0.497 e. The number of aliphatic imine (C=N–C) groups is 2. The Kier molecular flexibility index (Phi) is 6.47. The van der Waals surface area contributed by atoms with Crippen LogP contribution in [0.25, 0.3) is 0 Å². The third kappa shape index (κ3) is 4.67. The van der Waals surface area contributed by atoms with Crippen molar-refractivity contribution in [2.75, 3.05) is 25.6 Å². The zero-order valence-corrected chi connectivity index (χ0v) is 15.8. The topological polar surface area (TPSA) is 81.2 Å². The highest BCUT2D eigenvalue weighted by Gasteiger charge is 2.27. The number of nitrogens with one attached hydrogen (secondary N) is 1. The maximum atomic E-state index is 13.4. The summed E-state index contributed by atoms with van der Waals surface area (Å²) < 4.78 is 24.8. The third-order valence-corrected chi connectivity index (χ3v) is 4.60. The molecule has 0 spiro atoms. The number of hydrogen-bond donors (Lipinski definition) is 2. The van der Waals surface area contributed by atoms with Crippen molar-refractivity contribution < 1.29 is 13.9 Å². The number of rotatable bonds is 6. The molecule has 3 N–H and O–H groups in total. The van der Waals surface area contributed by atoms with Crippen molar-refractivity contribution in [3.8, 4) is 0 Å². The number of hydrogen-bond acceptors (Lipinski definition) is 6. The van der Waals surface area contributed by atoms with E-state index in [0.29, 0.717) is 36.9 Å². The van der Waals surface area contributed by atoms with Crippen molar-refractivity contribution >= 4 is 29.5 Å². The standard InChI is InChI=1S/C19H22ClFN4O2/c1-26-17-6-5-16-13(10-18(17)27-8-2-7-22)19(24-11-23-16)25-12-3-4-15(21)14(20)9-12/h3-4,9-11,16H,2,5-8,22H2,1H3,(H,23,24,25). The molecule has 1 aliphatic carbocycles. The number of nitrogens with zero attached hydrogens (tertiary/aromatic N) is 2. The van der Waals surface area contributed by atoms with Gasteiger partial charge < -0.3 is 20.5 Å². The molecule has 144 valence electrons. The van der Waals surface area contributed by atoms with E-state index >= 15 is 0 Å². The molecule has 0 aromatic heterocycles. The lowest BCUT2D eigenvalue weighted by molar-refractivity contribution is 0.181. The minimum Gasteiger partial charge on any atom is -0.497 e. The number of halogens is 2. The van der Waals surface area contributed by atoms with Gasteiger partial charge in [-0.3, -0.25) is 4.99 Å². The summed E-state index contributed by atoms with van der Waals surface area (Å²) in [5.74, 6) is 1.58. The predicted octanol–water partition coefficient (Wildman–Crippen LogP) is 3.64. The van der Waals surface area contributed by atoms with Gasteiger partial charge in [0.2, 0.25) is 0 Å². The first-order chi connectivity index (χ1) is 13.1. The van der Waals surface area contributed by atoms with Gasteiger partial charge in [-0.25, -0.2) is 9.38 Å². The zero-order chi connectivity index (χ0) is 19.2. The lowest BCUT2D eigenvalue weighted by Crippen LogP contribution is -2.26. The first-order valence-corrected chi connectivity index (χ1v) is 9.13. The first kappa shape index (κ1) is 19.4. The van der Waals surface area contributed by atoms with Crippen LogP contribution in [0.2, 0.25) is 5.02 Å². The minimum absolute atomic E-state index is 0.0452. The molecule has 1 heterocycles. The van der Waals surface area contributed by atoms with Crippen molar-refractivity contribution in [1.29, 1.82) is 0 Å². The Hall–Kier alpha value is -2.38. The molecular weight excluding hydrogens is 371 g/mol. The Bertz CT molecular complexity index is 820. The summed E-state index contributed by atoms with van der Waals surface area (Å²) in [6.45, 7) is 1.06. The maximum absolute atomic E-state index is 13.4. The number of anilines is 1. The molecule has 0 radical (unpaired) electrons. The van der Waals surface area contributed by atoms with Gasteiger partial charge in [-0.2, -0.15) is 0 Å². The molecule has 1 aromatic rings. The summed E-state index contributed by atoms with van der Waals surface area (Å²) in [4.78, 5) is 8.82. The summed E-state index contributed by atoms with van der Waals surface area (Å²) >= 11 is 5.88. The maximum Gasteiger partial charge on any atom is 0.157 e. The van der Waals surface area contributed by atoms with Crippen LogP contribution in [0.5, 0.6) is 0 Å². The molecule has 0 saturated carbocycles.